The second kappa shape index (κ2) is 6.63. The van der Waals surface area contributed by atoms with E-state index in [1.165, 1.54) is 11.3 Å². The van der Waals surface area contributed by atoms with Crippen LogP contribution < -0.4 is 4.90 Å². The molecule has 0 aromatic carbocycles. The fourth-order valence-corrected chi connectivity index (χ4v) is 2.97. The van der Waals surface area contributed by atoms with Crippen molar-refractivity contribution >= 4 is 33.7 Å². The third kappa shape index (κ3) is 3.55. The molecule has 0 saturated carbocycles. The van der Waals surface area contributed by atoms with Crippen LogP contribution in [0.3, 0.4) is 0 Å². The predicted octanol–water partition coefficient (Wildman–Crippen LogP) is 2.39. The van der Waals surface area contributed by atoms with Gasteiger partial charge in [-0.3, -0.25) is 4.98 Å². The number of carbonyl (C=O) groups excluding carboxylic acids is 1. The van der Waals surface area contributed by atoms with E-state index in [4.69, 9.17) is 0 Å². The van der Waals surface area contributed by atoms with E-state index in [1.807, 2.05) is 55.9 Å². The first-order valence-corrected chi connectivity index (χ1v) is 7.35. The fourth-order valence-electron chi connectivity index (χ4n) is 1.93. The van der Waals surface area contributed by atoms with Crippen LogP contribution in [-0.2, 0) is 4.79 Å². The van der Waals surface area contributed by atoms with E-state index in [2.05, 4.69) is 9.97 Å². The summed E-state index contributed by atoms with van der Waals surface area (Å²) < 4.78 is 0. The van der Waals surface area contributed by atoms with E-state index in [0.717, 1.165) is 21.4 Å². The lowest BCUT2D eigenvalue weighted by Gasteiger charge is -2.14. The van der Waals surface area contributed by atoms with Gasteiger partial charge in [-0.2, -0.15) is 0 Å². The van der Waals surface area contributed by atoms with E-state index in [1.54, 1.807) is 12.4 Å². The number of aryl methyl sites for hydroxylation is 1. The van der Waals surface area contributed by atoms with Crippen molar-refractivity contribution in [2.24, 2.45) is 0 Å². The SMILES string of the molecule is Cc1nc(N(C)c2cccnc2)sc1C(=C=O)CN(C)C. The molecule has 0 aliphatic carbocycles. The fraction of sp³-hybridized carbons (Fsp3) is 0.333. The highest BCUT2D eigenvalue weighted by atomic mass is 32.1. The van der Waals surface area contributed by atoms with Gasteiger partial charge >= 0.3 is 0 Å². The van der Waals surface area contributed by atoms with Gasteiger partial charge in [0.25, 0.3) is 0 Å². The van der Waals surface area contributed by atoms with Crippen LogP contribution in [0.5, 0.6) is 0 Å². The molecule has 2 heterocycles. The Balaban J connectivity index is 2.33. The summed E-state index contributed by atoms with van der Waals surface area (Å²) in [6, 6.07) is 3.86. The maximum Gasteiger partial charge on any atom is 0.190 e. The number of aromatic nitrogens is 2. The number of thiazole rings is 1. The zero-order valence-corrected chi connectivity index (χ0v) is 13.4. The van der Waals surface area contributed by atoms with Gasteiger partial charge in [0.15, 0.2) is 5.13 Å². The molecule has 0 N–H and O–H groups in total. The number of likely N-dealkylation sites (N-methyl/N-ethyl adjacent to an activating group) is 1. The second-order valence-electron chi connectivity index (χ2n) is 5.00. The smallest absolute Gasteiger partial charge is 0.190 e. The lowest BCUT2D eigenvalue weighted by atomic mass is 10.2. The number of nitrogens with zero attached hydrogens (tertiary/aromatic N) is 4. The Morgan fingerprint density at radius 3 is 2.71 bits per heavy atom. The molecule has 110 valence electrons. The molecule has 0 amide bonds. The summed E-state index contributed by atoms with van der Waals surface area (Å²) in [5, 5.41) is 0.835. The molecule has 0 aliphatic heterocycles. The minimum atomic E-state index is 0.558. The molecule has 2 aromatic heterocycles. The highest BCUT2D eigenvalue weighted by molar-refractivity contribution is 7.17. The monoisotopic (exact) mass is 302 g/mol. The quantitative estimate of drug-likeness (QED) is 0.794. The third-order valence-corrected chi connectivity index (χ3v) is 4.27. The molecule has 0 saturated heterocycles. The Morgan fingerprint density at radius 2 is 2.14 bits per heavy atom. The molecular formula is C15H18N4OS. The van der Waals surface area contributed by atoms with Gasteiger partial charge in [-0.1, -0.05) is 11.3 Å². The Hall–Kier alpha value is -2.01. The summed E-state index contributed by atoms with van der Waals surface area (Å²) in [7, 11) is 5.79. The van der Waals surface area contributed by atoms with Crippen molar-refractivity contribution < 1.29 is 4.79 Å². The van der Waals surface area contributed by atoms with Crippen molar-refractivity contribution in [3.05, 3.63) is 35.1 Å². The van der Waals surface area contributed by atoms with Gasteiger partial charge in [0.2, 0.25) is 0 Å². The first-order valence-electron chi connectivity index (χ1n) is 6.53. The first-order chi connectivity index (χ1) is 10.0. The predicted molar refractivity (Wildman–Crippen MR) is 86.8 cm³/mol. The Bertz CT molecular complexity index is 660. The first kappa shape index (κ1) is 15.4. The van der Waals surface area contributed by atoms with E-state index in [0.29, 0.717) is 12.1 Å². The van der Waals surface area contributed by atoms with Gasteiger partial charge in [0, 0.05) is 19.8 Å². The molecular weight excluding hydrogens is 284 g/mol. The Labute approximate surface area is 128 Å². The summed E-state index contributed by atoms with van der Waals surface area (Å²) in [5.41, 5.74) is 2.45. The van der Waals surface area contributed by atoms with Gasteiger partial charge in [0.1, 0.15) is 5.94 Å². The summed E-state index contributed by atoms with van der Waals surface area (Å²) in [6.45, 7) is 2.47. The van der Waals surface area contributed by atoms with Crippen molar-refractivity contribution in [2.45, 2.75) is 6.92 Å². The van der Waals surface area contributed by atoms with E-state index in [9.17, 15) is 4.79 Å². The van der Waals surface area contributed by atoms with Crippen LogP contribution in [0.1, 0.15) is 10.6 Å². The summed E-state index contributed by atoms with van der Waals surface area (Å²) >= 11 is 1.50. The van der Waals surface area contributed by atoms with Crippen molar-refractivity contribution in [3.8, 4) is 0 Å². The van der Waals surface area contributed by atoms with E-state index >= 15 is 0 Å². The molecule has 0 aliphatic rings. The van der Waals surface area contributed by atoms with Crippen LogP contribution in [0.15, 0.2) is 24.5 Å². The molecule has 0 spiro atoms. The molecule has 5 nitrogen and oxygen atoms in total. The normalized spacial score (nSPS) is 10.5. The minimum absolute atomic E-state index is 0.558. The molecule has 0 bridgehead atoms. The average Bonchev–Trinajstić information content (AvgIpc) is 2.86. The highest BCUT2D eigenvalue weighted by Crippen LogP contribution is 2.33. The third-order valence-electron chi connectivity index (χ3n) is 2.98. The number of anilines is 2. The Morgan fingerprint density at radius 1 is 1.38 bits per heavy atom. The van der Waals surface area contributed by atoms with Gasteiger partial charge in [-0.15, -0.1) is 0 Å². The molecule has 0 unspecified atom stereocenters. The van der Waals surface area contributed by atoms with Crippen molar-refractivity contribution in [3.63, 3.8) is 0 Å². The van der Waals surface area contributed by atoms with Crippen molar-refractivity contribution in [1.29, 1.82) is 0 Å². The highest BCUT2D eigenvalue weighted by Gasteiger charge is 2.16. The van der Waals surface area contributed by atoms with Gasteiger partial charge in [-0.25, -0.2) is 9.78 Å². The lowest BCUT2D eigenvalue weighted by Crippen LogP contribution is -2.14. The molecule has 6 heteroatoms. The van der Waals surface area contributed by atoms with Crippen LogP contribution in [-0.4, -0.2) is 48.5 Å². The molecule has 0 fully saturated rings. The standard InChI is InChI=1S/C15H18N4OS/c1-11-14(12(10-20)9-18(2)3)21-15(17-11)19(4)13-6-5-7-16-8-13/h5-8H,9H2,1-4H3. The van der Waals surface area contributed by atoms with Gasteiger partial charge in [-0.05, 0) is 33.2 Å². The van der Waals surface area contributed by atoms with Crippen LogP contribution in [0.2, 0.25) is 0 Å². The minimum Gasteiger partial charge on any atom is -0.319 e. The van der Waals surface area contributed by atoms with Crippen LogP contribution in [0.4, 0.5) is 10.8 Å². The zero-order chi connectivity index (χ0) is 15.4. The summed E-state index contributed by atoms with van der Waals surface area (Å²) in [5.74, 6) is 2.05. The zero-order valence-electron chi connectivity index (χ0n) is 12.6. The largest absolute Gasteiger partial charge is 0.319 e. The maximum atomic E-state index is 11.2. The second-order valence-corrected chi connectivity index (χ2v) is 5.98. The van der Waals surface area contributed by atoms with Crippen LogP contribution in [0, 0.1) is 6.92 Å². The average molecular weight is 302 g/mol. The van der Waals surface area contributed by atoms with E-state index < -0.39 is 0 Å². The van der Waals surface area contributed by atoms with Crippen LogP contribution in [0.25, 0.3) is 5.57 Å². The lowest BCUT2D eigenvalue weighted by molar-refractivity contribution is 0.463. The van der Waals surface area contributed by atoms with Crippen LogP contribution >= 0.6 is 11.3 Å². The van der Waals surface area contributed by atoms with E-state index in [-0.39, 0.29) is 0 Å². The molecule has 0 atom stereocenters. The molecule has 0 radical (unpaired) electrons. The van der Waals surface area contributed by atoms with Gasteiger partial charge < -0.3 is 9.80 Å². The summed E-state index contributed by atoms with van der Waals surface area (Å²) in [4.78, 5) is 24.7. The maximum absolute atomic E-state index is 11.2. The van der Waals surface area contributed by atoms with Crippen molar-refractivity contribution in [2.75, 3.05) is 32.6 Å². The molecule has 21 heavy (non-hydrogen) atoms. The topological polar surface area (TPSA) is 49.3 Å². The number of pyridine rings is 1. The van der Waals surface area contributed by atoms with Crippen molar-refractivity contribution in [1.82, 2.24) is 14.9 Å². The number of rotatable bonds is 5. The summed E-state index contributed by atoms with van der Waals surface area (Å²) in [6.07, 6.45) is 3.52. The number of hydrogen-bond donors (Lipinski definition) is 0. The van der Waals surface area contributed by atoms with Gasteiger partial charge in [0.05, 0.1) is 28.0 Å². The molecule has 2 aromatic rings. The molecule has 2 rings (SSSR count). The number of hydrogen-bond acceptors (Lipinski definition) is 6. The Kier molecular flexibility index (Phi) is 4.85.